The minimum absolute atomic E-state index is 0.0490. The third-order valence-corrected chi connectivity index (χ3v) is 4.69. The van der Waals surface area contributed by atoms with Gasteiger partial charge in [0.15, 0.2) is 16.7 Å². The summed E-state index contributed by atoms with van der Waals surface area (Å²) in [7, 11) is 0. The van der Waals surface area contributed by atoms with E-state index in [1.807, 2.05) is 37.3 Å². The van der Waals surface area contributed by atoms with Crippen molar-refractivity contribution in [2.75, 3.05) is 13.2 Å². The molecule has 1 fully saturated rings. The van der Waals surface area contributed by atoms with Crippen molar-refractivity contribution in [2.24, 2.45) is 4.99 Å². The number of para-hydroxylation sites is 1. The van der Waals surface area contributed by atoms with Gasteiger partial charge in [0.1, 0.15) is 0 Å². The van der Waals surface area contributed by atoms with E-state index < -0.39 is 5.97 Å². The van der Waals surface area contributed by atoms with Crippen molar-refractivity contribution >= 4 is 40.6 Å². The number of benzene rings is 2. The number of rotatable bonds is 8. The molecule has 1 saturated heterocycles. The average molecular weight is 412 g/mol. The highest BCUT2D eigenvalue weighted by Crippen LogP contribution is 2.32. The topological polar surface area (TPSA) is 97.2 Å². The third-order valence-electron chi connectivity index (χ3n) is 3.78. The fourth-order valence-corrected chi connectivity index (χ4v) is 3.34. The van der Waals surface area contributed by atoms with Crippen molar-refractivity contribution in [2.45, 2.75) is 13.3 Å². The smallest absolute Gasteiger partial charge is 0.306 e. The van der Waals surface area contributed by atoms with Crippen molar-refractivity contribution < 1.29 is 24.2 Å². The molecule has 0 bridgehead atoms. The van der Waals surface area contributed by atoms with Crippen LogP contribution in [-0.4, -0.2) is 35.4 Å². The first-order valence-corrected chi connectivity index (χ1v) is 9.83. The second kappa shape index (κ2) is 9.79. The monoisotopic (exact) mass is 412 g/mol. The Morgan fingerprint density at radius 3 is 2.69 bits per heavy atom. The predicted octanol–water partition coefficient (Wildman–Crippen LogP) is 3.83. The van der Waals surface area contributed by atoms with Gasteiger partial charge in [0, 0.05) is 0 Å². The fourth-order valence-electron chi connectivity index (χ4n) is 2.50. The molecule has 0 unspecified atom stereocenters. The van der Waals surface area contributed by atoms with Gasteiger partial charge in [-0.05, 0) is 54.6 Å². The Kier molecular flexibility index (Phi) is 6.91. The molecule has 1 aliphatic rings. The van der Waals surface area contributed by atoms with Crippen LogP contribution in [0.1, 0.15) is 18.9 Å². The van der Waals surface area contributed by atoms with Crippen LogP contribution in [0.5, 0.6) is 11.5 Å². The van der Waals surface area contributed by atoms with E-state index in [1.54, 1.807) is 24.3 Å². The quantitative estimate of drug-likeness (QED) is 0.640. The minimum Gasteiger partial charge on any atom is -0.490 e. The SMILES string of the molecule is CCOc1cc(/C=C2/SC(=Nc3ccccc3)NC2=O)ccc1OCCC(=O)O. The Balaban J connectivity index is 1.76. The molecule has 2 aromatic carbocycles. The first-order valence-electron chi connectivity index (χ1n) is 9.01. The van der Waals surface area contributed by atoms with Gasteiger partial charge in [-0.3, -0.25) is 9.59 Å². The number of ether oxygens (including phenoxy) is 2. The molecule has 0 spiro atoms. The van der Waals surface area contributed by atoms with Crippen LogP contribution in [0, 0.1) is 0 Å². The molecule has 1 heterocycles. The number of amides is 1. The average Bonchev–Trinajstić information content (AvgIpc) is 3.03. The van der Waals surface area contributed by atoms with Crippen LogP contribution in [0.15, 0.2) is 58.4 Å². The summed E-state index contributed by atoms with van der Waals surface area (Å²) in [6.45, 7) is 2.32. The Bertz CT molecular complexity index is 957. The van der Waals surface area contributed by atoms with E-state index in [2.05, 4.69) is 10.3 Å². The van der Waals surface area contributed by atoms with E-state index in [-0.39, 0.29) is 18.9 Å². The second-order valence-corrected chi connectivity index (χ2v) is 6.98. The maximum Gasteiger partial charge on any atom is 0.306 e. The molecule has 1 amide bonds. The maximum absolute atomic E-state index is 12.3. The Labute approximate surface area is 172 Å². The van der Waals surface area contributed by atoms with Crippen LogP contribution in [0.2, 0.25) is 0 Å². The summed E-state index contributed by atoms with van der Waals surface area (Å²) in [5.41, 5.74) is 1.52. The number of nitrogens with zero attached hydrogens (tertiary/aromatic N) is 1. The molecule has 150 valence electrons. The number of carbonyl (C=O) groups is 2. The van der Waals surface area contributed by atoms with Crippen LogP contribution >= 0.6 is 11.8 Å². The van der Waals surface area contributed by atoms with Crippen molar-refractivity contribution in [1.82, 2.24) is 5.32 Å². The molecule has 3 rings (SSSR count). The number of carboxylic acid groups (broad SMARTS) is 1. The Hall–Kier alpha value is -3.26. The van der Waals surface area contributed by atoms with Crippen LogP contribution in [-0.2, 0) is 9.59 Å². The fraction of sp³-hybridized carbons (Fsp3) is 0.190. The lowest BCUT2D eigenvalue weighted by Gasteiger charge is -2.12. The summed E-state index contributed by atoms with van der Waals surface area (Å²) in [5, 5.41) is 12.0. The van der Waals surface area contributed by atoms with E-state index in [4.69, 9.17) is 14.6 Å². The Morgan fingerprint density at radius 1 is 1.17 bits per heavy atom. The Morgan fingerprint density at radius 2 is 1.97 bits per heavy atom. The molecule has 7 nitrogen and oxygen atoms in total. The molecule has 29 heavy (non-hydrogen) atoms. The highest BCUT2D eigenvalue weighted by Gasteiger charge is 2.24. The van der Waals surface area contributed by atoms with Crippen LogP contribution in [0.3, 0.4) is 0 Å². The zero-order valence-electron chi connectivity index (χ0n) is 15.8. The molecular weight excluding hydrogens is 392 g/mol. The van der Waals surface area contributed by atoms with Crippen LogP contribution in [0.25, 0.3) is 6.08 Å². The zero-order valence-corrected chi connectivity index (χ0v) is 16.6. The summed E-state index contributed by atoms with van der Waals surface area (Å²) in [6, 6.07) is 14.6. The normalized spacial score (nSPS) is 16.1. The summed E-state index contributed by atoms with van der Waals surface area (Å²) in [6.07, 6.45) is 1.65. The van der Waals surface area contributed by atoms with E-state index >= 15 is 0 Å². The lowest BCUT2D eigenvalue weighted by molar-refractivity contribution is -0.137. The lowest BCUT2D eigenvalue weighted by Crippen LogP contribution is -2.19. The number of nitrogens with one attached hydrogen (secondary N) is 1. The highest BCUT2D eigenvalue weighted by molar-refractivity contribution is 8.18. The molecule has 2 N–H and O–H groups in total. The number of thioether (sulfide) groups is 1. The maximum atomic E-state index is 12.3. The van der Waals surface area contributed by atoms with Gasteiger partial charge in [-0.1, -0.05) is 24.3 Å². The summed E-state index contributed by atoms with van der Waals surface area (Å²) >= 11 is 1.26. The predicted molar refractivity (Wildman–Crippen MR) is 113 cm³/mol. The number of hydrogen-bond acceptors (Lipinski definition) is 6. The molecule has 8 heteroatoms. The molecule has 1 aliphatic heterocycles. The molecule has 0 radical (unpaired) electrons. The summed E-state index contributed by atoms with van der Waals surface area (Å²) < 4.78 is 11.1. The highest BCUT2D eigenvalue weighted by atomic mass is 32.2. The standard InChI is InChI=1S/C21H20N2O5S/c1-2-27-17-12-14(8-9-16(17)28-11-10-19(24)25)13-18-20(26)23-21(29-18)22-15-6-4-3-5-7-15/h3-9,12-13H,2,10-11H2,1H3,(H,24,25)(H,22,23,26)/b18-13+. The van der Waals surface area contributed by atoms with Gasteiger partial charge in [0.05, 0.1) is 30.2 Å². The third kappa shape index (κ3) is 5.86. The van der Waals surface area contributed by atoms with Crippen molar-refractivity contribution in [3.05, 3.63) is 59.0 Å². The number of aliphatic imine (C=N–C) groups is 1. The first-order chi connectivity index (χ1) is 14.0. The van der Waals surface area contributed by atoms with Gasteiger partial charge in [-0.15, -0.1) is 0 Å². The van der Waals surface area contributed by atoms with Crippen molar-refractivity contribution in [1.29, 1.82) is 0 Å². The van der Waals surface area contributed by atoms with Gasteiger partial charge in [0.25, 0.3) is 5.91 Å². The van der Waals surface area contributed by atoms with Gasteiger partial charge < -0.3 is 19.9 Å². The van der Waals surface area contributed by atoms with E-state index in [1.165, 1.54) is 11.8 Å². The van der Waals surface area contributed by atoms with Gasteiger partial charge in [-0.25, -0.2) is 4.99 Å². The molecule has 0 aromatic heterocycles. The van der Waals surface area contributed by atoms with E-state index in [0.717, 1.165) is 11.3 Å². The molecule has 0 aliphatic carbocycles. The number of aliphatic carboxylic acids is 1. The van der Waals surface area contributed by atoms with Gasteiger partial charge >= 0.3 is 5.97 Å². The van der Waals surface area contributed by atoms with Crippen LogP contribution < -0.4 is 14.8 Å². The second-order valence-electron chi connectivity index (χ2n) is 5.95. The largest absolute Gasteiger partial charge is 0.490 e. The van der Waals surface area contributed by atoms with Gasteiger partial charge in [0.2, 0.25) is 0 Å². The first kappa shape index (κ1) is 20.5. The summed E-state index contributed by atoms with van der Waals surface area (Å²) in [4.78, 5) is 27.9. The molecule has 0 atom stereocenters. The van der Waals surface area contributed by atoms with Crippen molar-refractivity contribution in [3.63, 3.8) is 0 Å². The minimum atomic E-state index is -0.929. The lowest BCUT2D eigenvalue weighted by atomic mass is 10.2. The molecule has 2 aromatic rings. The number of carbonyl (C=O) groups excluding carboxylic acids is 1. The van der Waals surface area contributed by atoms with Crippen LogP contribution in [0.4, 0.5) is 5.69 Å². The molecular formula is C21H20N2O5S. The van der Waals surface area contributed by atoms with Crippen molar-refractivity contribution in [3.8, 4) is 11.5 Å². The number of hydrogen-bond donors (Lipinski definition) is 2. The molecule has 0 saturated carbocycles. The van der Waals surface area contributed by atoms with E-state index in [0.29, 0.717) is 28.2 Å². The van der Waals surface area contributed by atoms with E-state index in [9.17, 15) is 9.59 Å². The number of amidine groups is 1. The zero-order chi connectivity index (χ0) is 20.6. The van der Waals surface area contributed by atoms with Gasteiger partial charge in [-0.2, -0.15) is 0 Å². The summed E-state index contributed by atoms with van der Waals surface area (Å²) in [5.74, 6) is -0.190. The number of carboxylic acids is 1.